The number of aromatic nitrogens is 1. The number of nitrogens with two attached hydrogens (primary N) is 1. The van der Waals surface area contributed by atoms with E-state index in [-0.39, 0.29) is 17.3 Å². The van der Waals surface area contributed by atoms with Crippen molar-refractivity contribution in [2.45, 2.75) is 19.3 Å². The molecule has 0 aliphatic carbocycles. The lowest BCUT2D eigenvalue weighted by Crippen LogP contribution is -2.18. The third-order valence-electron chi connectivity index (χ3n) is 6.10. The Bertz CT molecular complexity index is 1390. The Balaban J connectivity index is 1.74. The van der Waals surface area contributed by atoms with Crippen LogP contribution in [0.25, 0.3) is 11.1 Å². The van der Waals surface area contributed by atoms with Crippen LogP contribution in [0.5, 0.6) is 0 Å². The Hall–Kier alpha value is -4.19. The number of halogens is 1. The maximum atomic E-state index is 13.9. The molecule has 0 amide bonds. The van der Waals surface area contributed by atoms with E-state index in [0.717, 1.165) is 27.8 Å². The minimum atomic E-state index is -0.298. The van der Waals surface area contributed by atoms with Crippen molar-refractivity contribution in [3.63, 3.8) is 0 Å². The van der Waals surface area contributed by atoms with Gasteiger partial charge in [0, 0.05) is 42.9 Å². The number of anilines is 1. The maximum Gasteiger partial charge on any atom is 0.250 e. The van der Waals surface area contributed by atoms with E-state index in [1.54, 1.807) is 25.4 Å². The first kappa shape index (κ1) is 23.0. The number of hydrogen-bond donors (Lipinski definition) is 2. The molecule has 5 nitrogen and oxygen atoms in total. The fraction of sp³-hybridized carbons (Fsp3) is 0.143. The van der Waals surface area contributed by atoms with Crippen LogP contribution in [0.1, 0.15) is 34.6 Å². The van der Waals surface area contributed by atoms with Gasteiger partial charge in [0.2, 0.25) is 5.56 Å². The number of aryl methyl sites for hydroxylation is 2. The molecule has 0 aliphatic rings. The average molecular weight is 456 g/mol. The van der Waals surface area contributed by atoms with E-state index in [1.807, 2.05) is 55.5 Å². The molecule has 172 valence electrons. The van der Waals surface area contributed by atoms with Gasteiger partial charge in [0.05, 0.1) is 5.71 Å². The lowest BCUT2D eigenvalue weighted by molar-refractivity contribution is 0.317. The van der Waals surface area contributed by atoms with Crippen LogP contribution in [-0.2, 0) is 7.05 Å². The highest BCUT2D eigenvalue weighted by Crippen LogP contribution is 2.33. The smallest absolute Gasteiger partial charge is 0.250 e. The summed E-state index contributed by atoms with van der Waals surface area (Å²) in [5, 5.41) is 13.4. The Morgan fingerprint density at radius 1 is 1.00 bits per heavy atom. The first-order valence-electron chi connectivity index (χ1n) is 11.0. The minimum Gasteiger partial charge on any atom is -0.411 e. The highest BCUT2D eigenvalue weighted by Gasteiger charge is 2.21. The van der Waals surface area contributed by atoms with Crippen molar-refractivity contribution in [1.82, 2.24) is 4.57 Å². The van der Waals surface area contributed by atoms with E-state index in [9.17, 15) is 14.4 Å². The van der Waals surface area contributed by atoms with Crippen LogP contribution < -0.4 is 11.3 Å². The van der Waals surface area contributed by atoms with E-state index in [2.05, 4.69) is 5.16 Å². The molecule has 0 spiro atoms. The predicted molar refractivity (Wildman–Crippen MR) is 134 cm³/mol. The third kappa shape index (κ3) is 4.91. The lowest BCUT2D eigenvalue weighted by atomic mass is 9.83. The van der Waals surface area contributed by atoms with Gasteiger partial charge in [-0.1, -0.05) is 47.6 Å². The number of pyridine rings is 1. The summed E-state index contributed by atoms with van der Waals surface area (Å²) in [6, 6.07) is 23.6. The molecule has 34 heavy (non-hydrogen) atoms. The molecule has 3 aromatic carbocycles. The Labute approximate surface area is 197 Å². The predicted octanol–water partition coefficient (Wildman–Crippen LogP) is 5.48. The van der Waals surface area contributed by atoms with E-state index in [0.29, 0.717) is 23.4 Å². The Morgan fingerprint density at radius 3 is 2.24 bits per heavy atom. The topological polar surface area (TPSA) is 80.6 Å². The highest BCUT2D eigenvalue weighted by atomic mass is 19.1. The summed E-state index contributed by atoms with van der Waals surface area (Å²) in [6.45, 7) is 1.87. The normalized spacial score (nSPS) is 12.5. The summed E-state index contributed by atoms with van der Waals surface area (Å²) in [5.74, 6) is -0.489. The van der Waals surface area contributed by atoms with Gasteiger partial charge in [0.25, 0.3) is 0 Å². The van der Waals surface area contributed by atoms with Crippen LogP contribution in [0.2, 0.25) is 0 Å². The van der Waals surface area contributed by atoms with Gasteiger partial charge in [-0.05, 0) is 65.1 Å². The molecule has 4 aromatic rings. The standard InChI is InChI=1S/C28H26FN3O2/c1-18-15-23(29)10-13-25(18)26(16-27(31-34)22-9-14-28(33)32(2)17-22)21-5-3-19(4-6-21)20-7-11-24(30)12-8-20/h3-15,17,26,34H,16,30H2,1-2H3. The number of nitrogen functional groups attached to an aromatic ring is 1. The van der Waals surface area contributed by atoms with Crippen molar-refractivity contribution in [3.8, 4) is 11.1 Å². The third-order valence-corrected chi connectivity index (χ3v) is 6.10. The van der Waals surface area contributed by atoms with Crippen LogP contribution in [0, 0.1) is 12.7 Å². The number of nitrogens with zero attached hydrogens (tertiary/aromatic N) is 2. The molecule has 3 N–H and O–H groups in total. The fourth-order valence-electron chi connectivity index (χ4n) is 4.20. The fourth-order valence-corrected chi connectivity index (χ4v) is 4.20. The lowest BCUT2D eigenvalue weighted by Gasteiger charge is -2.21. The first-order valence-corrected chi connectivity index (χ1v) is 11.0. The van der Waals surface area contributed by atoms with E-state index in [4.69, 9.17) is 5.73 Å². The van der Waals surface area contributed by atoms with E-state index < -0.39 is 0 Å². The molecule has 0 aliphatic heterocycles. The van der Waals surface area contributed by atoms with Gasteiger partial charge in [0.15, 0.2) is 0 Å². The van der Waals surface area contributed by atoms with Gasteiger partial charge >= 0.3 is 0 Å². The molecular formula is C28H26FN3O2. The molecular weight excluding hydrogens is 429 g/mol. The quantitative estimate of drug-likeness (QED) is 0.175. The van der Waals surface area contributed by atoms with Gasteiger partial charge in [-0.15, -0.1) is 0 Å². The molecule has 0 radical (unpaired) electrons. The molecule has 0 saturated carbocycles. The summed E-state index contributed by atoms with van der Waals surface area (Å²) in [7, 11) is 1.65. The molecule has 1 aromatic heterocycles. The van der Waals surface area contributed by atoms with Crippen molar-refractivity contribution in [2.24, 2.45) is 12.2 Å². The van der Waals surface area contributed by atoms with Gasteiger partial charge in [-0.25, -0.2) is 4.39 Å². The average Bonchev–Trinajstić information content (AvgIpc) is 2.83. The van der Waals surface area contributed by atoms with Crippen LogP contribution in [0.15, 0.2) is 95.0 Å². The van der Waals surface area contributed by atoms with Crippen LogP contribution in [-0.4, -0.2) is 15.5 Å². The Kier molecular flexibility index (Phi) is 6.59. The molecule has 1 atom stereocenters. The molecule has 6 heteroatoms. The van der Waals surface area contributed by atoms with Crippen LogP contribution in [0.3, 0.4) is 0 Å². The summed E-state index contributed by atoms with van der Waals surface area (Å²) >= 11 is 0. The second kappa shape index (κ2) is 9.75. The van der Waals surface area contributed by atoms with Gasteiger partial charge in [0.1, 0.15) is 5.82 Å². The summed E-state index contributed by atoms with van der Waals surface area (Å²) in [6.07, 6.45) is 2.01. The van der Waals surface area contributed by atoms with E-state index >= 15 is 0 Å². The SMILES string of the molecule is Cc1cc(F)ccc1C(CC(=NO)c1ccc(=O)n(C)c1)c1ccc(-c2ccc(N)cc2)cc1. The zero-order valence-electron chi connectivity index (χ0n) is 19.1. The van der Waals surface area contributed by atoms with Crippen molar-refractivity contribution in [1.29, 1.82) is 0 Å². The van der Waals surface area contributed by atoms with Gasteiger partial charge < -0.3 is 15.5 Å². The molecule has 0 bridgehead atoms. The summed E-state index contributed by atoms with van der Waals surface area (Å²) in [4.78, 5) is 11.8. The molecule has 0 fully saturated rings. The van der Waals surface area contributed by atoms with Crippen molar-refractivity contribution >= 4 is 11.4 Å². The Morgan fingerprint density at radius 2 is 1.65 bits per heavy atom. The van der Waals surface area contributed by atoms with Crippen LogP contribution >= 0.6 is 0 Å². The number of benzene rings is 3. The van der Waals surface area contributed by atoms with Crippen molar-refractivity contribution in [2.75, 3.05) is 5.73 Å². The second-order valence-electron chi connectivity index (χ2n) is 8.42. The monoisotopic (exact) mass is 455 g/mol. The van der Waals surface area contributed by atoms with Crippen LogP contribution in [0.4, 0.5) is 10.1 Å². The second-order valence-corrected chi connectivity index (χ2v) is 8.42. The maximum absolute atomic E-state index is 13.9. The van der Waals surface area contributed by atoms with Crippen molar-refractivity contribution < 1.29 is 9.60 Å². The largest absolute Gasteiger partial charge is 0.411 e. The zero-order valence-corrected chi connectivity index (χ0v) is 19.1. The zero-order chi connectivity index (χ0) is 24.2. The first-order chi connectivity index (χ1) is 16.4. The number of rotatable bonds is 6. The molecule has 0 saturated heterocycles. The summed E-state index contributed by atoms with van der Waals surface area (Å²) in [5.41, 5.74) is 12.3. The molecule has 1 unspecified atom stereocenters. The number of hydrogen-bond acceptors (Lipinski definition) is 4. The summed E-state index contributed by atoms with van der Waals surface area (Å²) < 4.78 is 15.3. The molecule has 4 rings (SSSR count). The van der Waals surface area contributed by atoms with Gasteiger partial charge in [-0.3, -0.25) is 4.79 Å². The minimum absolute atomic E-state index is 0.148. The highest BCUT2D eigenvalue weighted by molar-refractivity contribution is 6.00. The molecule has 1 heterocycles. The van der Waals surface area contributed by atoms with Gasteiger partial charge in [-0.2, -0.15) is 0 Å². The van der Waals surface area contributed by atoms with E-state index in [1.165, 1.54) is 22.8 Å². The van der Waals surface area contributed by atoms with Crippen molar-refractivity contribution in [3.05, 3.63) is 123 Å². The number of oxime groups is 1.